The number of nitrogens with two attached hydrogens (primary N) is 1. The van der Waals surface area contributed by atoms with Crippen LogP contribution >= 0.6 is 11.3 Å². The molecular formula is C16H21N3O3S. The molecule has 6 nitrogen and oxygen atoms in total. The number of methoxy groups -OCH3 is 2. The van der Waals surface area contributed by atoms with Crippen molar-refractivity contribution in [3.63, 3.8) is 0 Å². The summed E-state index contributed by atoms with van der Waals surface area (Å²) in [6.07, 6.45) is 0. The van der Waals surface area contributed by atoms with Crippen molar-refractivity contribution in [1.29, 1.82) is 0 Å². The van der Waals surface area contributed by atoms with Crippen molar-refractivity contribution < 1.29 is 14.3 Å². The van der Waals surface area contributed by atoms with Crippen LogP contribution in [0.4, 0.5) is 5.13 Å². The summed E-state index contributed by atoms with van der Waals surface area (Å²) in [6, 6.07) is 9.57. The van der Waals surface area contributed by atoms with Crippen LogP contribution in [0.5, 0.6) is 0 Å². The molecule has 0 spiro atoms. The Hall–Kier alpha value is -1.96. The maximum Gasteiger partial charge on any atom is 0.266 e. The van der Waals surface area contributed by atoms with Crippen molar-refractivity contribution in [1.82, 2.24) is 9.88 Å². The van der Waals surface area contributed by atoms with Gasteiger partial charge in [0.2, 0.25) is 0 Å². The summed E-state index contributed by atoms with van der Waals surface area (Å²) in [5, 5.41) is 0.380. The van der Waals surface area contributed by atoms with E-state index >= 15 is 0 Å². The molecule has 2 rings (SSSR count). The SMILES string of the molecule is COCCN(CCOC)C(=O)c1sc(N)nc1-c1ccccc1. The predicted octanol–water partition coefficient (Wildman–Crippen LogP) is 2.13. The number of carbonyl (C=O) groups is 1. The lowest BCUT2D eigenvalue weighted by Crippen LogP contribution is -2.36. The summed E-state index contributed by atoms with van der Waals surface area (Å²) in [5.41, 5.74) is 7.34. The van der Waals surface area contributed by atoms with E-state index in [1.165, 1.54) is 11.3 Å². The fourth-order valence-corrected chi connectivity index (χ4v) is 2.96. The molecule has 2 aromatic rings. The van der Waals surface area contributed by atoms with Gasteiger partial charge in [-0.2, -0.15) is 0 Å². The van der Waals surface area contributed by atoms with Crippen molar-refractivity contribution >= 4 is 22.4 Å². The highest BCUT2D eigenvalue weighted by atomic mass is 32.1. The van der Waals surface area contributed by atoms with E-state index in [1.807, 2.05) is 30.3 Å². The van der Waals surface area contributed by atoms with Gasteiger partial charge in [-0.05, 0) is 0 Å². The van der Waals surface area contributed by atoms with Gasteiger partial charge in [0.05, 0.1) is 18.9 Å². The second-order valence-electron chi connectivity index (χ2n) is 4.87. The largest absolute Gasteiger partial charge is 0.383 e. The Bertz CT molecular complexity index is 623. The molecule has 0 saturated heterocycles. The van der Waals surface area contributed by atoms with Gasteiger partial charge in [-0.3, -0.25) is 4.79 Å². The number of carbonyl (C=O) groups excluding carboxylic acids is 1. The highest BCUT2D eigenvalue weighted by Crippen LogP contribution is 2.30. The lowest BCUT2D eigenvalue weighted by atomic mass is 10.1. The number of hydrogen-bond acceptors (Lipinski definition) is 6. The first-order chi connectivity index (χ1) is 11.2. The van der Waals surface area contributed by atoms with Crippen molar-refractivity contribution in [2.75, 3.05) is 46.3 Å². The number of nitrogen functional groups attached to an aromatic ring is 1. The number of ether oxygens (including phenoxy) is 2. The zero-order valence-electron chi connectivity index (χ0n) is 13.3. The van der Waals surface area contributed by atoms with E-state index in [2.05, 4.69) is 4.98 Å². The summed E-state index contributed by atoms with van der Waals surface area (Å²) in [6.45, 7) is 1.91. The molecule has 23 heavy (non-hydrogen) atoms. The summed E-state index contributed by atoms with van der Waals surface area (Å²) >= 11 is 1.21. The van der Waals surface area contributed by atoms with Crippen LogP contribution in [-0.4, -0.2) is 56.3 Å². The Balaban J connectivity index is 2.29. The molecule has 0 aliphatic carbocycles. The van der Waals surface area contributed by atoms with E-state index in [9.17, 15) is 4.79 Å². The number of thiazole rings is 1. The maximum absolute atomic E-state index is 12.9. The van der Waals surface area contributed by atoms with Gasteiger partial charge in [0, 0.05) is 32.9 Å². The average molecular weight is 335 g/mol. The van der Waals surface area contributed by atoms with E-state index in [0.717, 1.165) is 5.56 Å². The Morgan fingerprint density at radius 2 is 1.78 bits per heavy atom. The third kappa shape index (κ3) is 4.51. The van der Waals surface area contributed by atoms with E-state index < -0.39 is 0 Å². The monoisotopic (exact) mass is 335 g/mol. The van der Waals surface area contributed by atoms with Crippen LogP contribution < -0.4 is 5.73 Å². The second kappa shape index (κ2) is 8.61. The molecule has 0 saturated carbocycles. The molecule has 1 heterocycles. The van der Waals surface area contributed by atoms with Gasteiger partial charge in [-0.25, -0.2) is 4.98 Å². The number of anilines is 1. The molecule has 0 bridgehead atoms. The van der Waals surface area contributed by atoms with Gasteiger partial charge >= 0.3 is 0 Å². The fourth-order valence-electron chi connectivity index (χ4n) is 2.13. The van der Waals surface area contributed by atoms with Crippen LogP contribution in [0, 0.1) is 0 Å². The predicted molar refractivity (Wildman–Crippen MR) is 91.6 cm³/mol. The van der Waals surface area contributed by atoms with Gasteiger partial charge in [0.25, 0.3) is 5.91 Å². The van der Waals surface area contributed by atoms with Gasteiger partial charge in [0.15, 0.2) is 5.13 Å². The van der Waals surface area contributed by atoms with Gasteiger partial charge in [0.1, 0.15) is 4.88 Å². The molecule has 0 atom stereocenters. The second-order valence-corrected chi connectivity index (χ2v) is 5.90. The first-order valence-corrected chi connectivity index (χ1v) is 8.08. The maximum atomic E-state index is 12.9. The number of aromatic nitrogens is 1. The summed E-state index contributed by atoms with van der Waals surface area (Å²) in [5.74, 6) is -0.104. The molecule has 1 aromatic heterocycles. The minimum absolute atomic E-state index is 0.104. The molecule has 0 aliphatic heterocycles. The van der Waals surface area contributed by atoms with Crippen molar-refractivity contribution in [2.45, 2.75) is 0 Å². The number of hydrogen-bond donors (Lipinski definition) is 1. The van der Waals surface area contributed by atoms with E-state index in [0.29, 0.717) is 42.0 Å². The van der Waals surface area contributed by atoms with Crippen molar-refractivity contribution in [2.24, 2.45) is 0 Å². The highest BCUT2D eigenvalue weighted by molar-refractivity contribution is 7.17. The van der Waals surface area contributed by atoms with Crippen LogP contribution in [0.3, 0.4) is 0 Å². The molecule has 0 aliphatic rings. The molecular weight excluding hydrogens is 314 g/mol. The smallest absolute Gasteiger partial charge is 0.266 e. The topological polar surface area (TPSA) is 77.7 Å². The van der Waals surface area contributed by atoms with E-state index in [-0.39, 0.29) is 5.91 Å². The third-order valence-corrected chi connectivity index (χ3v) is 4.18. The summed E-state index contributed by atoms with van der Waals surface area (Å²) in [7, 11) is 3.22. The van der Waals surface area contributed by atoms with Crippen LogP contribution in [0.25, 0.3) is 11.3 Å². The summed E-state index contributed by atoms with van der Waals surface area (Å²) < 4.78 is 10.2. The molecule has 0 unspecified atom stereocenters. The first kappa shape index (κ1) is 17.4. The molecule has 1 amide bonds. The quantitative estimate of drug-likeness (QED) is 0.799. The van der Waals surface area contributed by atoms with Crippen LogP contribution in [-0.2, 0) is 9.47 Å². The van der Waals surface area contributed by atoms with Crippen molar-refractivity contribution in [3.05, 3.63) is 35.2 Å². The number of rotatable bonds is 8. The number of amides is 1. The van der Waals surface area contributed by atoms with Crippen LogP contribution in [0.2, 0.25) is 0 Å². The zero-order chi connectivity index (χ0) is 16.7. The lowest BCUT2D eigenvalue weighted by Gasteiger charge is -2.21. The number of nitrogens with zero attached hydrogens (tertiary/aromatic N) is 2. The standard InChI is InChI=1S/C16H21N3O3S/c1-21-10-8-19(9-11-22-2)15(20)14-13(18-16(17)23-14)12-6-4-3-5-7-12/h3-7H,8-11H2,1-2H3,(H2,17,18). The molecule has 1 aromatic carbocycles. The Kier molecular flexibility index (Phi) is 6.52. The van der Waals surface area contributed by atoms with Crippen molar-refractivity contribution in [3.8, 4) is 11.3 Å². The average Bonchev–Trinajstić information content (AvgIpc) is 2.97. The molecule has 7 heteroatoms. The summed E-state index contributed by atoms with van der Waals surface area (Å²) in [4.78, 5) is 19.5. The Morgan fingerprint density at radius 1 is 1.17 bits per heavy atom. The van der Waals surface area contributed by atoms with E-state index in [4.69, 9.17) is 15.2 Å². The zero-order valence-corrected chi connectivity index (χ0v) is 14.1. The highest BCUT2D eigenvalue weighted by Gasteiger charge is 2.23. The number of benzene rings is 1. The third-order valence-electron chi connectivity index (χ3n) is 3.30. The minimum atomic E-state index is -0.104. The normalized spacial score (nSPS) is 10.7. The van der Waals surface area contributed by atoms with Gasteiger partial charge < -0.3 is 20.1 Å². The molecule has 0 fully saturated rings. The van der Waals surface area contributed by atoms with Gasteiger partial charge in [-0.1, -0.05) is 41.7 Å². The fraction of sp³-hybridized carbons (Fsp3) is 0.375. The molecule has 124 valence electrons. The Morgan fingerprint density at radius 3 is 2.35 bits per heavy atom. The Labute approximate surface area is 139 Å². The van der Waals surface area contributed by atoms with E-state index in [1.54, 1.807) is 19.1 Å². The minimum Gasteiger partial charge on any atom is -0.383 e. The molecule has 2 N–H and O–H groups in total. The van der Waals surface area contributed by atoms with Gasteiger partial charge in [-0.15, -0.1) is 0 Å². The first-order valence-electron chi connectivity index (χ1n) is 7.26. The van der Waals surface area contributed by atoms with Crippen LogP contribution in [0.15, 0.2) is 30.3 Å². The lowest BCUT2D eigenvalue weighted by molar-refractivity contribution is 0.0632. The molecule has 0 radical (unpaired) electrons. The van der Waals surface area contributed by atoms with Crippen LogP contribution in [0.1, 0.15) is 9.67 Å².